The Bertz CT molecular complexity index is 395. The predicted molar refractivity (Wildman–Crippen MR) is 61.5 cm³/mol. The number of benzene rings is 1. The van der Waals surface area contributed by atoms with E-state index < -0.39 is 0 Å². The first-order valence-electron chi connectivity index (χ1n) is 5.18. The maximum atomic E-state index is 9.87. The smallest absolute Gasteiger partial charge is 0.169 e. The zero-order valence-corrected chi connectivity index (χ0v) is 9.80. The molecule has 88 valence electrons. The molecule has 1 aromatic carbocycles. The topological polar surface area (TPSA) is 50.7 Å². The Hall–Kier alpha value is -1.13. The molecular formula is C11H14ClNO3. The fraction of sp³-hybridized carbons (Fsp3) is 0.455. The van der Waals surface area contributed by atoms with Crippen molar-refractivity contribution in [1.82, 2.24) is 5.32 Å². The summed E-state index contributed by atoms with van der Waals surface area (Å²) in [7, 11) is 1.80. The van der Waals surface area contributed by atoms with Gasteiger partial charge in [0.15, 0.2) is 11.5 Å². The molecular weight excluding hydrogens is 230 g/mol. The summed E-state index contributed by atoms with van der Waals surface area (Å²) in [5.74, 6) is 1.25. The number of aromatic hydroxyl groups is 1. The summed E-state index contributed by atoms with van der Waals surface area (Å²) in [6.45, 7) is 1.68. The minimum Gasteiger partial charge on any atom is -0.506 e. The van der Waals surface area contributed by atoms with Gasteiger partial charge >= 0.3 is 0 Å². The summed E-state index contributed by atoms with van der Waals surface area (Å²) in [4.78, 5) is 0. The molecule has 0 aromatic heterocycles. The van der Waals surface area contributed by atoms with Crippen LogP contribution in [0.1, 0.15) is 12.0 Å². The van der Waals surface area contributed by atoms with Crippen molar-refractivity contribution in [3.05, 3.63) is 16.7 Å². The van der Waals surface area contributed by atoms with E-state index >= 15 is 0 Å². The first kappa shape index (κ1) is 11.4. The molecule has 2 rings (SSSR count). The van der Waals surface area contributed by atoms with Gasteiger partial charge in [0.25, 0.3) is 0 Å². The van der Waals surface area contributed by atoms with E-state index in [1.165, 1.54) is 0 Å². The molecule has 5 heteroatoms. The van der Waals surface area contributed by atoms with Crippen LogP contribution in [-0.2, 0) is 6.54 Å². The molecule has 1 aliphatic rings. The van der Waals surface area contributed by atoms with E-state index in [-0.39, 0.29) is 10.8 Å². The Morgan fingerprint density at radius 1 is 1.44 bits per heavy atom. The third-order valence-corrected chi connectivity index (χ3v) is 2.70. The molecule has 0 unspecified atom stereocenters. The molecule has 1 aliphatic heterocycles. The maximum absolute atomic E-state index is 9.87. The van der Waals surface area contributed by atoms with Gasteiger partial charge in [-0.2, -0.15) is 0 Å². The average Bonchev–Trinajstić information content (AvgIpc) is 2.50. The van der Waals surface area contributed by atoms with Gasteiger partial charge in [-0.3, -0.25) is 0 Å². The number of halogens is 1. The Labute approximate surface area is 99.1 Å². The van der Waals surface area contributed by atoms with Crippen LogP contribution < -0.4 is 14.8 Å². The molecule has 1 heterocycles. The van der Waals surface area contributed by atoms with Gasteiger partial charge in [0, 0.05) is 19.0 Å². The lowest BCUT2D eigenvalue weighted by Crippen LogP contribution is -2.08. The van der Waals surface area contributed by atoms with Gasteiger partial charge in [0.1, 0.15) is 5.75 Å². The Kier molecular flexibility index (Phi) is 3.41. The second kappa shape index (κ2) is 4.80. The lowest BCUT2D eigenvalue weighted by molar-refractivity contribution is 0.295. The van der Waals surface area contributed by atoms with Gasteiger partial charge in [-0.25, -0.2) is 0 Å². The van der Waals surface area contributed by atoms with E-state index in [4.69, 9.17) is 21.1 Å². The Morgan fingerprint density at radius 2 is 2.19 bits per heavy atom. The molecule has 0 spiro atoms. The van der Waals surface area contributed by atoms with Gasteiger partial charge in [-0.1, -0.05) is 11.6 Å². The summed E-state index contributed by atoms with van der Waals surface area (Å²) in [6.07, 6.45) is 0.825. The highest BCUT2D eigenvalue weighted by Gasteiger charge is 2.20. The lowest BCUT2D eigenvalue weighted by atomic mass is 10.1. The van der Waals surface area contributed by atoms with Crippen LogP contribution in [0.3, 0.4) is 0 Å². The number of hydrogen-bond donors (Lipinski definition) is 2. The van der Waals surface area contributed by atoms with Crippen LogP contribution in [0.2, 0.25) is 5.02 Å². The number of ether oxygens (including phenoxy) is 2. The molecule has 16 heavy (non-hydrogen) atoms. The highest BCUT2D eigenvalue weighted by atomic mass is 35.5. The molecule has 0 saturated heterocycles. The van der Waals surface area contributed by atoms with Gasteiger partial charge in [0.2, 0.25) is 0 Å². The van der Waals surface area contributed by atoms with Gasteiger partial charge < -0.3 is 19.9 Å². The molecule has 0 radical (unpaired) electrons. The van der Waals surface area contributed by atoms with Crippen LogP contribution >= 0.6 is 11.6 Å². The molecule has 1 aromatic rings. The Balaban J connectivity index is 2.51. The second-order valence-electron chi connectivity index (χ2n) is 3.59. The molecule has 2 N–H and O–H groups in total. The maximum Gasteiger partial charge on any atom is 0.169 e. The van der Waals surface area contributed by atoms with Crippen LogP contribution in [-0.4, -0.2) is 25.4 Å². The minimum absolute atomic E-state index is 0.0558. The number of rotatable bonds is 2. The van der Waals surface area contributed by atoms with Crippen molar-refractivity contribution in [3.8, 4) is 17.2 Å². The number of phenolic OH excluding ortho intramolecular Hbond substituents is 1. The molecule has 0 fully saturated rings. The summed E-state index contributed by atoms with van der Waals surface area (Å²) >= 11 is 5.93. The SMILES string of the molecule is CNCc1c(O)c(Cl)cc2c1OCCCO2. The molecule has 0 aliphatic carbocycles. The average molecular weight is 244 g/mol. The third kappa shape index (κ3) is 2.03. The monoisotopic (exact) mass is 243 g/mol. The molecule has 0 bridgehead atoms. The van der Waals surface area contributed by atoms with Crippen molar-refractivity contribution in [3.63, 3.8) is 0 Å². The number of nitrogens with one attached hydrogen (secondary N) is 1. The van der Waals surface area contributed by atoms with Crippen molar-refractivity contribution in [2.45, 2.75) is 13.0 Å². The van der Waals surface area contributed by atoms with E-state index in [2.05, 4.69) is 5.32 Å². The first-order chi connectivity index (χ1) is 7.74. The zero-order valence-electron chi connectivity index (χ0n) is 9.05. The van der Waals surface area contributed by atoms with Crippen LogP contribution in [0.4, 0.5) is 0 Å². The van der Waals surface area contributed by atoms with E-state index in [9.17, 15) is 5.11 Å². The van der Waals surface area contributed by atoms with Crippen molar-refractivity contribution < 1.29 is 14.6 Å². The molecule has 0 amide bonds. The number of fused-ring (bicyclic) bond motifs is 1. The molecule has 0 atom stereocenters. The normalized spacial score (nSPS) is 14.6. The van der Waals surface area contributed by atoms with Crippen molar-refractivity contribution in [2.24, 2.45) is 0 Å². The fourth-order valence-corrected chi connectivity index (χ4v) is 1.88. The minimum atomic E-state index is 0.0558. The second-order valence-corrected chi connectivity index (χ2v) is 4.00. The van der Waals surface area contributed by atoms with Crippen molar-refractivity contribution in [1.29, 1.82) is 0 Å². The molecule has 0 saturated carbocycles. The van der Waals surface area contributed by atoms with Crippen LogP contribution in [0.5, 0.6) is 17.2 Å². The number of hydrogen-bond acceptors (Lipinski definition) is 4. The quantitative estimate of drug-likeness (QED) is 0.833. The van der Waals surface area contributed by atoms with E-state index in [1.54, 1.807) is 13.1 Å². The first-order valence-corrected chi connectivity index (χ1v) is 5.56. The van der Waals surface area contributed by atoms with Gasteiger partial charge in [0.05, 0.1) is 23.8 Å². The van der Waals surface area contributed by atoms with Crippen LogP contribution in [0.15, 0.2) is 6.07 Å². The van der Waals surface area contributed by atoms with E-state index in [0.29, 0.717) is 36.8 Å². The van der Waals surface area contributed by atoms with Gasteiger partial charge in [-0.15, -0.1) is 0 Å². The van der Waals surface area contributed by atoms with Crippen molar-refractivity contribution in [2.75, 3.05) is 20.3 Å². The predicted octanol–water partition coefficient (Wildman–Crippen LogP) is 1.93. The highest BCUT2D eigenvalue weighted by molar-refractivity contribution is 6.32. The zero-order chi connectivity index (χ0) is 11.5. The fourth-order valence-electron chi connectivity index (χ4n) is 1.67. The van der Waals surface area contributed by atoms with Crippen LogP contribution in [0, 0.1) is 0 Å². The highest BCUT2D eigenvalue weighted by Crippen LogP contribution is 2.43. The summed E-state index contributed by atoms with van der Waals surface area (Å²) in [5, 5.41) is 13.1. The van der Waals surface area contributed by atoms with E-state index in [0.717, 1.165) is 6.42 Å². The van der Waals surface area contributed by atoms with Crippen molar-refractivity contribution >= 4 is 11.6 Å². The van der Waals surface area contributed by atoms with E-state index in [1.807, 2.05) is 0 Å². The number of phenols is 1. The standard InChI is InChI=1S/C11H14ClNO3/c1-13-6-7-10(14)8(12)5-9-11(7)16-4-2-3-15-9/h5,13-14H,2-4,6H2,1H3. The summed E-state index contributed by atoms with van der Waals surface area (Å²) in [6, 6.07) is 1.59. The third-order valence-electron chi connectivity index (χ3n) is 2.41. The Morgan fingerprint density at radius 3 is 2.94 bits per heavy atom. The van der Waals surface area contributed by atoms with Crippen LogP contribution in [0.25, 0.3) is 0 Å². The summed E-state index contributed by atoms with van der Waals surface area (Å²) < 4.78 is 11.1. The van der Waals surface area contributed by atoms with Gasteiger partial charge in [-0.05, 0) is 7.05 Å². The molecule has 4 nitrogen and oxygen atoms in total. The largest absolute Gasteiger partial charge is 0.506 e. The lowest BCUT2D eigenvalue weighted by Gasteiger charge is -2.14. The summed E-state index contributed by atoms with van der Waals surface area (Å²) in [5.41, 5.74) is 0.645.